The van der Waals surface area contributed by atoms with Gasteiger partial charge in [0, 0.05) is 26.9 Å². The Labute approximate surface area is 171 Å². The first-order valence-electron chi connectivity index (χ1n) is 8.74. The van der Waals surface area contributed by atoms with Crippen molar-refractivity contribution < 1.29 is 0 Å². The Bertz CT molecular complexity index is 963. The van der Waals surface area contributed by atoms with Gasteiger partial charge in [-0.3, -0.25) is 0 Å². The largest absolute Gasteiger partial charge is 0.311 e. The fourth-order valence-corrected chi connectivity index (χ4v) is 3.38. The van der Waals surface area contributed by atoms with Crippen LogP contribution >= 0.6 is 25.3 Å². The van der Waals surface area contributed by atoms with E-state index in [0.29, 0.717) is 0 Å². The van der Waals surface area contributed by atoms with Crippen LogP contribution in [0.5, 0.6) is 0 Å². The predicted octanol–water partition coefficient (Wildman–Crippen LogP) is 7.40. The van der Waals surface area contributed by atoms with Crippen molar-refractivity contribution in [2.75, 3.05) is 4.90 Å². The Kier molecular flexibility index (Phi) is 5.23. The molecule has 27 heavy (non-hydrogen) atoms. The van der Waals surface area contributed by atoms with Crippen molar-refractivity contribution in [3.05, 3.63) is 103 Å². The normalized spacial score (nSPS) is 10.6. The molecule has 0 aliphatic carbocycles. The molecular weight excluding hydrogens is 366 g/mol. The lowest BCUT2D eigenvalue weighted by atomic mass is 10.0. The average molecular weight is 386 g/mol. The van der Waals surface area contributed by atoms with E-state index in [1.807, 2.05) is 30.3 Å². The summed E-state index contributed by atoms with van der Waals surface area (Å²) in [7, 11) is 0. The van der Waals surface area contributed by atoms with Gasteiger partial charge in [0.05, 0.1) is 0 Å². The van der Waals surface area contributed by atoms with Crippen LogP contribution in [0.15, 0.2) is 113 Å². The van der Waals surface area contributed by atoms with Gasteiger partial charge in [0.2, 0.25) is 0 Å². The molecule has 0 aromatic heterocycles. The number of benzene rings is 4. The summed E-state index contributed by atoms with van der Waals surface area (Å²) in [6, 6.07) is 35.5. The molecule has 0 saturated heterocycles. The minimum Gasteiger partial charge on any atom is -0.311 e. The van der Waals surface area contributed by atoms with E-state index < -0.39 is 0 Å². The van der Waals surface area contributed by atoms with Crippen molar-refractivity contribution in [1.82, 2.24) is 0 Å². The maximum absolute atomic E-state index is 4.41. The van der Waals surface area contributed by atoms with Gasteiger partial charge in [-0.1, -0.05) is 42.5 Å². The number of anilines is 3. The molecule has 0 unspecified atom stereocenters. The monoisotopic (exact) mass is 385 g/mol. The molecular formula is C24H19NS2. The number of hydrogen-bond donors (Lipinski definition) is 2. The van der Waals surface area contributed by atoms with Crippen LogP contribution in [0.4, 0.5) is 17.1 Å². The van der Waals surface area contributed by atoms with E-state index >= 15 is 0 Å². The molecule has 4 aromatic carbocycles. The maximum Gasteiger partial charge on any atom is 0.0462 e. The first-order chi connectivity index (χ1) is 13.2. The van der Waals surface area contributed by atoms with E-state index in [1.165, 1.54) is 11.1 Å². The van der Waals surface area contributed by atoms with E-state index in [-0.39, 0.29) is 0 Å². The molecule has 0 spiro atoms. The molecule has 0 saturated carbocycles. The molecule has 0 bridgehead atoms. The van der Waals surface area contributed by atoms with E-state index in [2.05, 4.69) is 103 Å². The van der Waals surface area contributed by atoms with Crippen LogP contribution in [0.3, 0.4) is 0 Å². The smallest absolute Gasteiger partial charge is 0.0462 e. The summed E-state index contributed by atoms with van der Waals surface area (Å²) >= 11 is 8.83. The zero-order chi connectivity index (χ0) is 18.6. The van der Waals surface area contributed by atoms with Gasteiger partial charge in [-0.05, 0) is 71.8 Å². The van der Waals surface area contributed by atoms with Gasteiger partial charge in [-0.15, -0.1) is 25.3 Å². The summed E-state index contributed by atoms with van der Waals surface area (Å²) in [5.41, 5.74) is 5.71. The second-order valence-electron chi connectivity index (χ2n) is 6.28. The molecule has 4 aromatic rings. The topological polar surface area (TPSA) is 3.24 Å². The highest BCUT2D eigenvalue weighted by molar-refractivity contribution is 7.80. The van der Waals surface area contributed by atoms with Crippen LogP contribution in [0.2, 0.25) is 0 Å². The maximum atomic E-state index is 4.41. The molecule has 4 rings (SSSR count). The summed E-state index contributed by atoms with van der Waals surface area (Å²) in [5.74, 6) is 0. The molecule has 0 aliphatic rings. The third kappa shape index (κ3) is 4.05. The van der Waals surface area contributed by atoms with Crippen molar-refractivity contribution >= 4 is 42.3 Å². The van der Waals surface area contributed by atoms with Crippen molar-refractivity contribution in [3.8, 4) is 11.1 Å². The standard InChI is InChI=1S/C24H19NS2/c26-23-14-10-21(11-15-23)25(22-12-16-24(27)17-13-22)20-8-6-19(7-9-20)18-4-2-1-3-5-18/h1-17,26-27H. The zero-order valence-electron chi connectivity index (χ0n) is 14.7. The lowest BCUT2D eigenvalue weighted by Crippen LogP contribution is -2.09. The molecule has 0 aliphatic heterocycles. The highest BCUT2D eigenvalue weighted by Gasteiger charge is 2.12. The number of hydrogen-bond acceptors (Lipinski definition) is 3. The van der Waals surface area contributed by atoms with Gasteiger partial charge >= 0.3 is 0 Å². The van der Waals surface area contributed by atoms with Gasteiger partial charge < -0.3 is 4.90 Å². The minimum absolute atomic E-state index is 0.948. The van der Waals surface area contributed by atoms with Crippen LogP contribution in [0.1, 0.15) is 0 Å². The number of nitrogens with zero attached hydrogens (tertiary/aromatic N) is 1. The van der Waals surface area contributed by atoms with Gasteiger partial charge in [0.15, 0.2) is 0 Å². The first-order valence-corrected chi connectivity index (χ1v) is 9.64. The third-order valence-electron chi connectivity index (χ3n) is 4.45. The van der Waals surface area contributed by atoms with E-state index in [0.717, 1.165) is 26.9 Å². The van der Waals surface area contributed by atoms with Crippen molar-refractivity contribution in [2.24, 2.45) is 0 Å². The van der Waals surface area contributed by atoms with Crippen LogP contribution in [-0.4, -0.2) is 0 Å². The lowest BCUT2D eigenvalue weighted by molar-refractivity contribution is 1.26. The second-order valence-corrected chi connectivity index (χ2v) is 7.31. The van der Waals surface area contributed by atoms with Gasteiger partial charge in [0.1, 0.15) is 0 Å². The van der Waals surface area contributed by atoms with Crippen molar-refractivity contribution in [2.45, 2.75) is 9.79 Å². The second kappa shape index (κ2) is 7.95. The minimum atomic E-state index is 0.948. The lowest BCUT2D eigenvalue weighted by Gasteiger charge is -2.26. The molecule has 0 radical (unpaired) electrons. The van der Waals surface area contributed by atoms with Crippen LogP contribution in [-0.2, 0) is 0 Å². The molecule has 132 valence electrons. The highest BCUT2D eigenvalue weighted by atomic mass is 32.1. The van der Waals surface area contributed by atoms with Crippen molar-refractivity contribution in [1.29, 1.82) is 0 Å². The summed E-state index contributed by atoms with van der Waals surface area (Å²) in [4.78, 5) is 4.13. The van der Waals surface area contributed by atoms with E-state index in [1.54, 1.807) is 0 Å². The fraction of sp³-hybridized carbons (Fsp3) is 0. The Hall–Kier alpha value is -2.62. The van der Waals surface area contributed by atoms with Crippen LogP contribution in [0.25, 0.3) is 11.1 Å². The molecule has 1 nitrogen and oxygen atoms in total. The molecule has 0 fully saturated rings. The third-order valence-corrected chi connectivity index (χ3v) is 5.04. The molecule has 0 N–H and O–H groups in total. The quantitative estimate of drug-likeness (QED) is 0.346. The summed E-state index contributed by atoms with van der Waals surface area (Å²) < 4.78 is 0. The predicted molar refractivity (Wildman–Crippen MR) is 121 cm³/mol. The Morgan fingerprint density at radius 3 is 1.22 bits per heavy atom. The number of rotatable bonds is 4. The van der Waals surface area contributed by atoms with E-state index in [9.17, 15) is 0 Å². The van der Waals surface area contributed by atoms with Gasteiger partial charge in [0.25, 0.3) is 0 Å². The number of thiol groups is 2. The fourth-order valence-electron chi connectivity index (χ4n) is 3.08. The van der Waals surface area contributed by atoms with Gasteiger partial charge in [-0.2, -0.15) is 0 Å². The highest BCUT2D eigenvalue weighted by Crippen LogP contribution is 2.36. The van der Waals surface area contributed by atoms with Crippen molar-refractivity contribution in [3.63, 3.8) is 0 Å². The Balaban J connectivity index is 1.76. The van der Waals surface area contributed by atoms with Crippen LogP contribution in [0, 0.1) is 0 Å². The molecule has 0 amide bonds. The molecule has 3 heteroatoms. The van der Waals surface area contributed by atoms with E-state index in [4.69, 9.17) is 0 Å². The average Bonchev–Trinajstić information content (AvgIpc) is 2.72. The summed E-state index contributed by atoms with van der Waals surface area (Å²) in [5, 5.41) is 0. The Morgan fingerprint density at radius 1 is 0.407 bits per heavy atom. The molecule has 0 heterocycles. The Morgan fingerprint density at radius 2 is 0.778 bits per heavy atom. The van der Waals surface area contributed by atoms with Gasteiger partial charge in [-0.25, -0.2) is 0 Å². The first kappa shape index (κ1) is 17.8. The van der Waals surface area contributed by atoms with Crippen LogP contribution < -0.4 is 4.90 Å². The summed E-state index contributed by atoms with van der Waals surface area (Å²) in [6.07, 6.45) is 0. The SMILES string of the molecule is Sc1ccc(N(c2ccc(S)cc2)c2ccc(-c3ccccc3)cc2)cc1. The summed E-state index contributed by atoms with van der Waals surface area (Å²) in [6.45, 7) is 0. The zero-order valence-corrected chi connectivity index (χ0v) is 16.4. The molecule has 0 atom stereocenters.